The van der Waals surface area contributed by atoms with Gasteiger partial charge in [0, 0.05) is 0 Å². The second-order valence-corrected chi connectivity index (χ2v) is 7.03. The van der Waals surface area contributed by atoms with Gasteiger partial charge in [-0.25, -0.2) is 0 Å². The van der Waals surface area contributed by atoms with Crippen molar-refractivity contribution in [2.75, 3.05) is 18.6 Å². The van der Waals surface area contributed by atoms with Crippen LogP contribution in [0, 0.1) is 0 Å². The lowest BCUT2D eigenvalue weighted by molar-refractivity contribution is -0.120. The van der Waals surface area contributed by atoms with Crippen LogP contribution < -0.4 is 14.4 Å². The summed E-state index contributed by atoms with van der Waals surface area (Å²) >= 11 is 0. The molecule has 2 atom stereocenters. The Kier molecular flexibility index (Phi) is 4.48. The van der Waals surface area contributed by atoms with Crippen LogP contribution in [0.2, 0.25) is 0 Å². The lowest BCUT2D eigenvalue weighted by Crippen LogP contribution is -2.46. The molecule has 138 valence electrons. The molecule has 3 aromatic rings. The van der Waals surface area contributed by atoms with Gasteiger partial charge >= 0.3 is 0 Å². The Morgan fingerprint density at radius 3 is 2.67 bits per heavy atom. The molecule has 0 spiro atoms. The number of carbonyl (C=O) groups is 1. The molecule has 1 aliphatic rings. The summed E-state index contributed by atoms with van der Waals surface area (Å²) in [5, 5.41) is 2.20. The molecular weight excluding hydrogens is 338 g/mol. The Bertz CT molecular complexity index is 998. The predicted molar refractivity (Wildman–Crippen MR) is 108 cm³/mol. The van der Waals surface area contributed by atoms with Gasteiger partial charge in [0.1, 0.15) is 18.1 Å². The standard InChI is InChI=1S/C23H23NO3/c1-15-14-27-22-7-5-4-6-21(22)24(15)23(25)16(2)17-8-9-19-13-20(26-3)11-10-18(19)12-17/h4-13,15-16H,14H2,1-3H3/t15-,16+/m0/s1. The van der Waals surface area contributed by atoms with E-state index >= 15 is 0 Å². The number of hydrogen-bond acceptors (Lipinski definition) is 3. The van der Waals surface area contributed by atoms with Gasteiger partial charge in [0.2, 0.25) is 5.91 Å². The third-order valence-electron chi connectivity index (χ3n) is 5.22. The fourth-order valence-corrected chi connectivity index (χ4v) is 3.63. The quantitative estimate of drug-likeness (QED) is 0.675. The highest BCUT2D eigenvalue weighted by Gasteiger charge is 2.32. The molecule has 0 bridgehead atoms. The molecular formula is C23H23NO3. The number of anilines is 1. The first-order valence-electron chi connectivity index (χ1n) is 9.21. The third kappa shape index (κ3) is 3.12. The van der Waals surface area contributed by atoms with Crippen LogP contribution in [0.5, 0.6) is 11.5 Å². The van der Waals surface area contributed by atoms with Gasteiger partial charge in [0.15, 0.2) is 0 Å². The zero-order valence-corrected chi connectivity index (χ0v) is 15.8. The number of carbonyl (C=O) groups excluding carboxylic acids is 1. The fraction of sp³-hybridized carbons (Fsp3) is 0.261. The van der Waals surface area contributed by atoms with Gasteiger partial charge in [-0.3, -0.25) is 4.79 Å². The molecule has 1 amide bonds. The molecule has 0 aliphatic carbocycles. The van der Waals surface area contributed by atoms with E-state index in [2.05, 4.69) is 6.07 Å². The molecule has 0 saturated heterocycles. The summed E-state index contributed by atoms with van der Waals surface area (Å²) < 4.78 is 11.1. The average molecular weight is 361 g/mol. The van der Waals surface area contributed by atoms with E-state index in [9.17, 15) is 4.79 Å². The molecule has 0 N–H and O–H groups in total. The predicted octanol–water partition coefficient (Wildman–Crippen LogP) is 4.77. The van der Waals surface area contributed by atoms with Crippen LogP contribution in [0.15, 0.2) is 60.7 Å². The minimum atomic E-state index is -0.245. The average Bonchev–Trinajstić information content (AvgIpc) is 2.71. The highest BCUT2D eigenvalue weighted by Crippen LogP contribution is 2.36. The van der Waals surface area contributed by atoms with Crippen molar-refractivity contribution in [3.8, 4) is 11.5 Å². The maximum absolute atomic E-state index is 13.4. The van der Waals surface area contributed by atoms with Crippen molar-refractivity contribution in [3.63, 3.8) is 0 Å². The third-order valence-corrected chi connectivity index (χ3v) is 5.22. The van der Waals surface area contributed by atoms with Crippen molar-refractivity contribution in [2.45, 2.75) is 25.8 Å². The van der Waals surface area contributed by atoms with Crippen LogP contribution in [-0.4, -0.2) is 25.7 Å². The van der Waals surface area contributed by atoms with Crippen LogP contribution in [0.3, 0.4) is 0 Å². The molecule has 0 saturated carbocycles. The molecule has 3 aromatic carbocycles. The van der Waals surface area contributed by atoms with Crippen LogP contribution in [0.25, 0.3) is 10.8 Å². The van der Waals surface area contributed by atoms with Gasteiger partial charge in [-0.2, -0.15) is 0 Å². The largest absolute Gasteiger partial charge is 0.497 e. The number of benzene rings is 3. The van der Waals surface area contributed by atoms with Crippen LogP contribution in [0.4, 0.5) is 5.69 Å². The smallest absolute Gasteiger partial charge is 0.234 e. The molecule has 4 rings (SSSR count). The second-order valence-electron chi connectivity index (χ2n) is 7.03. The number of rotatable bonds is 3. The Morgan fingerprint density at radius 2 is 1.85 bits per heavy atom. The van der Waals surface area contributed by atoms with E-state index in [0.717, 1.165) is 33.5 Å². The first kappa shape index (κ1) is 17.4. The molecule has 0 radical (unpaired) electrons. The van der Waals surface area contributed by atoms with Crippen molar-refractivity contribution >= 4 is 22.4 Å². The highest BCUT2D eigenvalue weighted by molar-refractivity contribution is 6.00. The van der Waals surface area contributed by atoms with Crippen molar-refractivity contribution in [1.82, 2.24) is 0 Å². The maximum atomic E-state index is 13.4. The van der Waals surface area contributed by atoms with E-state index in [4.69, 9.17) is 9.47 Å². The number of ether oxygens (including phenoxy) is 2. The Morgan fingerprint density at radius 1 is 1.11 bits per heavy atom. The van der Waals surface area contributed by atoms with E-state index in [-0.39, 0.29) is 17.9 Å². The van der Waals surface area contributed by atoms with E-state index in [1.807, 2.05) is 73.3 Å². The van der Waals surface area contributed by atoms with Crippen molar-refractivity contribution in [2.24, 2.45) is 0 Å². The molecule has 0 aromatic heterocycles. The summed E-state index contributed by atoms with van der Waals surface area (Å²) in [6, 6.07) is 19.9. The number of hydrogen-bond donors (Lipinski definition) is 0. The number of methoxy groups -OCH3 is 1. The first-order chi connectivity index (χ1) is 13.1. The number of para-hydroxylation sites is 2. The molecule has 4 nitrogen and oxygen atoms in total. The van der Waals surface area contributed by atoms with E-state index in [1.165, 1.54) is 0 Å². The minimum absolute atomic E-state index is 0.000400. The highest BCUT2D eigenvalue weighted by atomic mass is 16.5. The van der Waals surface area contributed by atoms with Gasteiger partial charge in [-0.15, -0.1) is 0 Å². The molecule has 0 unspecified atom stereocenters. The Labute approximate surface area is 159 Å². The monoisotopic (exact) mass is 361 g/mol. The SMILES string of the molecule is COc1ccc2cc([C@@H](C)C(=O)N3c4ccccc4OC[C@@H]3C)ccc2c1. The van der Waals surface area contributed by atoms with Crippen molar-refractivity contribution in [3.05, 3.63) is 66.2 Å². The van der Waals surface area contributed by atoms with Gasteiger partial charge in [0.25, 0.3) is 0 Å². The zero-order chi connectivity index (χ0) is 19.0. The summed E-state index contributed by atoms with van der Waals surface area (Å²) in [5.41, 5.74) is 1.85. The minimum Gasteiger partial charge on any atom is -0.497 e. The van der Waals surface area contributed by atoms with Gasteiger partial charge in [-0.05, 0) is 54.4 Å². The normalized spacial score (nSPS) is 17.1. The van der Waals surface area contributed by atoms with E-state index in [0.29, 0.717) is 6.61 Å². The Hall–Kier alpha value is -3.01. The van der Waals surface area contributed by atoms with Crippen molar-refractivity contribution < 1.29 is 14.3 Å². The second kappa shape index (κ2) is 6.95. The fourth-order valence-electron chi connectivity index (χ4n) is 3.63. The molecule has 4 heteroatoms. The topological polar surface area (TPSA) is 38.8 Å². The zero-order valence-electron chi connectivity index (χ0n) is 15.8. The van der Waals surface area contributed by atoms with Gasteiger partial charge in [-0.1, -0.05) is 36.4 Å². The van der Waals surface area contributed by atoms with Crippen molar-refractivity contribution in [1.29, 1.82) is 0 Å². The first-order valence-corrected chi connectivity index (χ1v) is 9.21. The Balaban J connectivity index is 1.67. The van der Waals surface area contributed by atoms with E-state index in [1.54, 1.807) is 7.11 Å². The number of fused-ring (bicyclic) bond motifs is 2. The van der Waals surface area contributed by atoms with Crippen LogP contribution in [-0.2, 0) is 4.79 Å². The molecule has 0 fully saturated rings. The lowest BCUT2D eigenvalue weighted by Gasteiger charge is -2.36. The molecule has 1 heterocycles. The van der Waals surface area contributed by atoms with Crippen LogP contribution in [0.1, 0.15) is 25.3 Å². The lowest BCUT2D eigenvalue weighted by atomic mass is 9.95. The summed E-state index contributed by atoms with van der Waals surface area (Å²) in [4.78, 5) is 15.2. The van der Waals surface area contributed by atoms with Gasteiger partial charge < -0.3 is 14.4 Å². The van der Waals surface area contributed by atoms with E-state index < -0.39 is 0 Å². The van der Waals surface area contributed by atoms with Gasteiger partial charge in [0.05, 0.1) is 24.8 Å². The summed E-state index contributed by atoms with van der Waals surface area (Å²) in [5.74, 6) is 1.44. The number of amides is 1. The van der Waals surface area contributed by atoms with Crippen LogP contribution >= 0.6 is 0 Å². The summed E-state index contributed by atoms with van der Waals surface area (Å²) in [6.45, 7) is 4.50. The maximum Gasteiger partial charge on any atom is 0.234 e. The summed E-state index contributed by atoms with van der Waals surface area (Å²) in [7, 11) is 1.66. The number of nitrogens with zero attached hydrogens (tertiary/aromatic N) is 1. The molecule has 1 aliphatic heterocycles. The summed E-state index contributed by atoms with van der Waals surface area (Å²) in [6.07, 6.45) is 0. The molecule has 27 heavy (non-hydrogen) atoms.